The number of amides is 1. The van der Waals surface area contributed by atoms with Crippen molar-refractivity contribution in [2.75, 3.05) is 18.1 Å². The number of nitro groups is 1. The van der Waals surface area contributed by atoms with Crippen LogP contribution < -0.4 is 0 Å². The van der Waals surface area contributed by atoms with Crippen LogP contribution in [0.1, 0.15) is 29.6 Å². The van der Waals surface area contributed by atoms with E-state index < -0.39 is 39.3 Å². The molecule has 1 saturated heterocycles. The summed E-state index contributed by atoms with van der Waals surface area (Å²) in [6, 6.07) is 2.90. The zero-order valence-corrected chi connectivity index (χ0v) is 15.7. The number of carbonyl (C=O) groups excluding carboxylic acids is 2. The first-order valence-electron chi connectivity index (χ1n) is 8.30. The summed E-state index contributed by atoms with van der Waals surface area (Å²) in [7, 11) is -3.14. The van der Waals surface area contributed by atoms with E-state index in [4.69, 9.17) is 16.3 Å². The van der Waals surface area contributed by atoms with Gasteiger partial charge in [0.2, 0.25) is 0 Å². The van der Waals surface area contributed by atoms with Crippen LogP contribution >= 0.6 is 11.6 Å². The van der Waals surface area contributed by atoms with Crippen molar-refractivity contribution in [3.8, 4) is 0 Å². The van der Waals surface area contributed by atoms with E-state index in [1.165, 1.54) is 4.90 Å². The lowest BCUT2D eigenvalue weighted by Crippen LogP contribution is -2.44. The van der Waals surface area contributed by atoms with E-state index in [1.807, 2.05) is 0 Å². The van der Waals surface area contributed by atoms with Gasteiger partial charge in [-0.05, 0) is 25.3 Å². The van der Waals surface area contributed by atoms with Crippen molar-refractivity contribution in [2.24, 2.45) is 0 Å². The van der Waals surface area contributed by atoms with Gasteiger partial charge in [0.1, 0.15) is 0 Å². The van der Waals surface area contributed by atoms with E-state index in [-0.39, 0.29) is 33.8 Å². The molecule has 0 spiro atoms. The number of sulfone groups is 1. The van der Waals surface area contributed by atoms with E-state index in [0.717, 1.165) is 31.0 Å². The number of benzene rings is 1. The molecular formula is C16H17ClN2O7S. The molecule has 1 aliphatic carbocycles. The largest absolute Gasteiger partial charge is 0.452 e. The Morgan fingerprint density at radius 1 is 1.26 bits per heavy atom. The van der Waals surface area contributed by atoms with E-state index in [2.05, 4.69) is 0 Å². The van der Waals surface area contributed by atoms with Crippen molar-refractivity contribution in [3.05, 3.63) is 38.9 Å². The molecule has 0 radical (unpaired) electrons. The second-order valence-corrected chi connectivity index (χ2v) is 9.22. The number of carbonyl (C=O) groups is 2. The molecule has 27 heavy (non-hydrogen) atoms. The van der Waals surface area contributed by atoms with Gasteiger partial charge in [0.25, 0.3) is 11.6 Å². The highest BCUT2D eigenvalue weighted by atomic mass is 35.5. The van der Waals surface area contributed by atoms with E-state index in [1.54, 1.807) is 0 Å². The Kier molecular flexibility index (Phi) is 5.38. The Bertz CT molecular complexity index is 898. The topological polar surface area (TPSA) is 124 Å². The first-order valence-corrected chi connectivity index (χ1v) is 10.5. The molecule has 11 heteroatoms. The molecule has 3 rings (SSSR count). The lowest BCUT2D eigenvalue weighted by Gasteiger charge is -2.28. The lowest BCUT2D eigenvalue weighted by atomic mass is 10.2. The van der Waals surface area contributed by atoms with Crippen LogP contribution in [0, 0.1) is 10.1 Å². The van der Waals surface area contributed by atoms with Crippen molar-refractivity contribution < 1.29 is 27.7 Å². The van der Waals surface area contributed by atoms with Gasteiger partial charge in [-0.3, -0.25) is 14.9 Å². The number of esters is 1. The van der Waals surface area contributed by atoms with Gasteiger partial charge < -0.3 is 9.64 Å². The van der Waals surface area contributed by atoms with Crippen molar-refractivity contribution in [1.29, 1.82) is 0 Å². The molecule has 2 aliphatic rings. The number of ether oxygens (including phenoxy) is 1. The molecule has 0 unspecified atom stereocenters. The van der Waals surface area contributed by atoms with Gasteiger partial charge in [0, 0.05) is 24.2 Å². The number of halogens is 1. The van der Waals surface area contributed by atoms with Crippen molar-refractivity contribution in [3.63, 3.8) is 0 Å². The van der Waals surface area contributed by atoms with Crippen LogP contribution in [0.5, 0.6) is 0 Å². The Hall–Kier alpha value is -2.20. The maximum atomic E-state index is 12.5. The summed E-state index contributed by atoms with van der Waals surface area (Å²) < 4.78 is 28.4. The summed E-state index contributed by atoms with van der Waals surface area (Å²) in [5.74, 6) is -1.35. The highest BCUT2D eigenvalue weighted by molar-refractivity contribution is 7.91. The molecule has 1 atom stereocenters. The van der Waals surface area contributed by atoms with Crippen LogP contribution in [0.25, 0.3) is 0 Å². The first kappa shape index (κ1) is 19.6. The van der Waals surface area contributed by atoms with Gasteiger partial charge in [0.15, 0.2) is 16.4 Å². The molecule has 2 fully saturated rings. The van der Waals surface area contributed by atoms with Gasteiger partial charge in [-0.15, -0.1) is 0 Å². The molecule has 1 aromatic rings. The summed E-state index contributed by atoms with van der Waals surface area (Å²) in [6.07, 6.45) is 1.97. The molecule has 1 aromatic carbocycles. The smallest absolute Gasteiger partial charge is 0.340 e. The molecule has 0 bridgehead atoms. The zero-order chi connectivity index (χ0) is 19.8. The van der Waals surface area contributed by atoms with Gasteiger partial charge in [-0.25, -0.2) is 13.2 Å². The number of nitro benzene ring substituents is 1. The Morgan fingerprint density at radius 3 is 2.48 bits per heavy atom. The van der Waals surface area contributed by atoms with Gasteiger partial charge >= 0.3 is 5.97 Å². The van der Waals surface area contributed by atoms with Crippen LogP contribution in [0.15, 0.2) is 18.2 Å². The Balaban J connectivity index is 1.64. The summed E-state index contributed by atoms with van der Waals surface area (Å²) >= 11 is 5.87. The normalized spacial score (nSPS) is 20.9. The molecule has 0 N–H and O–H groups in total. The third-order valence-corrected chi connectivity index (χ3v) is 6.60. The summed E-state index contributed by atoms with van der Waals surface area (Å²) in [4.78, 5) is 36.2. The fraction of sp³-hybridized carbons (Fsp3) is 0.500. The van der Waals surface area contributed by atoms with Gasteiger partial charge in [0.05, 0.1) is 27.0 Å². The second-order valence-electron chi connectivity index (χ2n) is 6.59. The van der Waals surface area contributed by atoms with Crippen molar-refractivity contribution >= 4 is 39.0 Å². The second kappa shape index (κ2) is 7.43. The average Bonchev–Trinajstić information content (AvgIpc) is 3.35. The molecule has 0 aromatic heterocycles. The summed E-state index contributed by atoms with van der Waals surface area (Å²) in [5.41, 5.74) is -0.355. The fourth-order valence-electron chi connectivity index (χ4n) is 3.12. The predicted octanol–water partition coefficient (Wildman–Crippen LogP) is 1.58. The van der Waals surface area contributed by atoms with Crippen molar-refractivity contribution in [2.45, 2.75) is 31.3 Å². The number of rotatable bonds is 6. The Morgan fingerprint density at radius 2 is 1.96 bits per heavy atom. The monoisotopic (exact) mass is 416 g/mol. The number of hydrogen-bond acceptors (Lipinski definition) is 7. The van der Waals surface area contributed by atoms with Crippen molar-refractivity contribution in [1.82, 2.24) is 4.90 Å². The third-order valence-electron chi connectivity index (χ3n) is 4.54. The predicted molar refractivity (Wildman–Crippen MR) is 95.3 cm³/mol. The highest BCUT2D eigenvalue weighted by Gasteiger charge is 2.42. The number of nitrogens with zero attached hydrogens (tertiary/aromatic N) is 2. The molecular weight excluding hydrogens is 400 g/mol. The molecule has 9 nitrogen and oxygen atoms in total. The Labute approximate surface area is 160 Å². The van der Waals surface area contributed by atoms with Gasteiger partial charge in [-0.1, -0.05) is 11.6 Å². The maximum absolute atomic E-state index is 12.5. The summed E-state index contributed by atoms with van der Waals surface area (Å²) in [5, 5.41) is 10.6. The standard InChI is InChI=1S/C16H17ClN2O7S/c17-14-7-11(19(22)23)3-4-13(14)16(21)26-8-15(20)18(10-1-2-10)12-5-6-27(24,25)9-12/h3-4,7,10,12H,1-2,5-6,8-9H2/t12-/m1/s1. The molecule has 1 heterocycles. The minimum absolute atomic E-state index is 0.0162. The number of hydrogen-bond donors (Lipinski definition) is 0. The minimum Gasteiger partial charge on any atom is -0.452 e. The SMILES string of the molecule is O=C(OCC(=O)N(C1CC1)[C@@H]1CCS(=O)(=O)C1)c1ccc([N+](=O)[O-])cc1Cl. The van der Waals surface area contributed by atoms with Crippen LogP contribution in [0.4, 0.5) is 5.69 Å². The first-order chi connectivity index (χ1) is 12.7. The summed E-state index contributed by atoms with van der Waals surface area (Å²) in [6.45, 7) is -0.542. The van der Waals surface area contributed by atoms with Crippen LogP contribution in [0.3, 0.4) is 0 Å². The third kappa shape index (κ3) is 4.56. The molecule has 1 saturated carbocycles. The average molecular weight is 417 g/mol. The molecule has 1 amide bonds. The quantitative estimate of drug-likeness (QED) is 0.391. The van der Waals surface area contributed by atoms with Crippen LogP contribution in [-0.4, -0.2) is 60.3 Å². The lowest BCUT2D eigenvalue weighted by molar-refractivity contribution is -0.384. The van der Waals surface area contributed by atoms with Crippen LogP contribution in [0.2, 0.25) is 5.02 Å². The van der Waals surface area contributed by atoms with E-state index in [0.29, 0.717) is 6.42 Å². The number of non-ortho nitro benzene ring substituents is 1. The van der Waals surface area contributed by atoms with Gasteiger partial charge in [-0.2, -0.15) is 0 Å². The molecule has 1 aliphatic heterocycles. The van der Waals surface area contributed by atoms with E-state index in [9.17, 15) is 28.1 Å². The maximum Gasteiger partial charge on any atom is 0.340 e. The van der Waals surface area contributed by atoms with Crippen LogP contribution in [-0.2, 0) is 19.4 Å². The molecule has 146 valence electrons. The zero-order valence-electron chi connectivity index (χ0n) is 14.2. The minimum atomic E-state index is -3.14. The fourth-order valence-corrected chi connectivity index (χ4v) is 5.08. The highest BCUT2D eigenvalue weighted by Crippen LogP contribution is 2.32. The van der Waals surface area contributed by atoms with E-state index >= 15 is 0 Å².